The van der Waals surface area contributed by atoms with Gasteiger partial charge in [0.25, 0.3) is 5.91 Å². The summed E-state index contributed by atoms with van der Waals surface area (Å²) in [6.07, 6.45) is 2.19. The second-order valence-corrected chi connectivity index (χ2v) is 9.05. The van der Waals surface area contributed by atoms with Gasteiger partial charge in [0.2, 0.25) is 0 Å². The molecule has 4 aromatic rings. The quantitative estimate of drug-likeness (QED) is 0.373. The molecule has 34 heavy (non-hydrogen) atoms. The summed E-state index contributed by atoms with van der Waals surface area (Å²) in [6, 6.07) is 20.0. The topological polar surface area (TPSA) is 85.2 Å². The van der Waals surface area contributed by atoms with Crippen molar-refractivity contribution < 1.29 is 9.53 Å². The number of tetrazole rings is 1. The maximum Gasteiger partial charge on any atom is 0.255 e. The van der Waals surface area contributed by atoms with Crippen LogP contribution in [0.4, 0.5) is 11.4 Å². The Morgan fingerprint density at radius 3 is 2.41 bits per heavy atom. The minimum absolute atomic E-state index is 0.253. The normalized spacial score (nSPS) is 12.1. The van der Waals surface area contributed by atoms with Crippen LogP contribution in [0, 0.1) is 0 Å². The van der Waals surface area contributed by atoms with Gasteiger partial charge in [-0.15, -0.1) is 5.10 Å². The number of amides is 1. The first kappa shape index (κ1) is 22.2. The summed E-state index contributed by atoms with van der Waals surface area (Å²) in [5.41, 5.74) is 3.25. The van der Waals surface area contributed by atoms with E-state index in [2.05, 4.69) is 74.3 Å². The lowest BCUT2D eigenvalue weighted by Gasteiger charge is -2.32. The summed E-state index contributed by atoms with van der Waals surface area (Å²) >= 11 is 8.17. The van der Waals surface area contributed by atoms with Gasteiger partial charge in [-0.25, -0.2) is 0 Å². The fourth-order valence-corrected chi connectivity index (χ4v) is 5.24. The van der Waals surface area contributed by atoms with E-state index in [1.807, 2.05) is 0 Å². The van der Waals surface area contributed by atoms with Crippen LogP contribution in [0.25, 0.3) is 5.69 Å². The van der Waals surface area contributed by atoms with E-state index in [-0.39, 0.29) is 5.91 Å². The van der Waals surface area contributed by atoms with Crippen LogP contribution in [0.5, 0.6) is 5.75 Å². The molecule has 1 amide bonds. The molecule has 0 aliphatic carbocycles. The number of aromatic nitrogens is 4. The smallest absolute Gasteiger partial charge is 0.255 e. The molecule has 1 aromatic heterocycles. The third-order valence-corrected chi connectivity index (χ3v) is 6.92. The van der Waals surface area contributed by atoms with Gasteiger partial charge in [0.05, 0.1) is 34.8 Å². The Balaban J connectivity index is 1.27. The molecule has 0 saturated heterocycles. The average Bonchev–Trinajstić information content (AvgIpc) is 3.40. The highest BCUT2D eigenvalue weighted by Crippen LogP contribution is 2.47. The predicted molar refractivity (Wildman–Crippen MR) is 132 cm³/mol. The standard InChI is InChI=1S/C24H21ClN6O2S/c1-33-21-14-20(31-15-27-28-29-31)17(25)13-16(21)24(32)26-11-6-12-30-18-7-2-4-9-22(18)34-23-10-5-3-8-19(23)30/h2-5,7-10,13-15H,6,11-12H2,1H3,(H,26,32). The van der Waals surface area contributed by atoms with E-state index in [0.717, 1.165) is 13.0 Å². The maximum atomic E-state index is 12.9. The van der Waals surface area contributed by atoms with Crippen LogP contribution in [0.1, 0.15) is 16.8 Å². The zero-order valence-electron chi connectivity index (χ0n) is 18.3. The molecular formula is C24H21ClN6O2S. The molecule has 3 aromatic carbocycles. The molecule has 5 rings (SSSR count). The number of anilines is 2. The van der Waals surface area contributed by atoms with Gasteiger partial charge in [-0.1, -0.05) is 47.6 Å². The molecule has 8 nitrogen and oxygen atoms in total. The third-order valence-electron chi connectivity index (χ3n) is 5.49. The Morgan fingerprint density at radius 1 is 1.06 bits per heavy atom. The van der Waals surface area contributed by atoms with Gasteiger partial charge in [0.1, 0.15) is 12.1 Å². The second-order valence-electron chi connectivity index (χ2n) is 7.56. The highest BCUT2D eigenvalue weighted by atomic mass is 35.5. The minimum Gasteiger partial charge on any atom is -0.496 e. The summed E-state index contributed by atoms with van der Waals surface area (Å²) in [5, 5.41) is 14.4. The molecule has 10 heteroatoms. The predicted octanol–water partition coefficient (Wildman–Crippen LogP) is 4.75. The molecule has 0 unspecified atom stereocenters. The Kier molecular flexibility index (Phi) is 6.37. The van der Waals surface area contributed by atoms with Gasteiger partial charge in [-0.3, -0.25) is 4.79 Å². The van der Waals surface area contributed by atoms with E-state index < -0.39 is 0 Å². The van der Waals surface area contributed by atoms with Crippen LogP contribution in [-0.2, 0) is 0 Å². The second kappa shape index (κ2) is 9.74. The first-order valence-corrected chi connectivity index (χ1v) is 11.9. The molecular weight excluding hydrogens is 472 g/mol. The van der Waals surface area contributed by atoms with E-state index in [1.54, 1.807) is 23.9 Å². The molecule has 0 spiro atoms. The molecule has 0 radical (unpaired) electrons. The van der Waals surface area contributed by atoms with Gasteiger partial charge in [-0.2, -0.15) is 4.68 Å². The highest BCUT2D eigenvalue weighted by Gasteiger charge is 2.22. The summed E-state index contributed by atoms with van der Waals surface area (Å²) in [6.45, 7) is 1.27. The van der Waals surface area contributed by atoms with Crippen LogP contribution in [-0.4, -0.2) is 46.3 Å². The number of rotatable bonds is 7. The number of nitrogens with one attached hydrogen (secondary N) is 1. The van der Waals surface area contributed by atoms with Crippen LogP contribution in [0.2, 0.25) is 5.02 Å². The molecule has 0 atom stereocenters. The van der Waals surface area contributed by atoms with Gasteiger partial charge in [0.15, 0.2) is 0 Å². The number of halogens is 1. The van der Waals surface area contributed by atoms with E-state index in [1.165, 1.54) is 39.3 Å². The van der Waals surface area contributed by atoms with E-state index in [9.17, 15) is 4.79 Å². The molecule has 2 heterocycles. The number of ether oxygens (including phenoxy) is 1. The first-order valence-electron chi connectivity index (χ1n) is 10.7. The van der Waals surface area contributed by atoms with Crippen LogP contribution >= 0.6 is 23.4 Å². The molecule has 1 aliphatic heterocycles. The number of methoxy groups -OCH3 is 1. The summed E-state index contributed by atoms with van der Waals surface area (Å²) in [7, 11) is 1.51. The van der Waals surface area contributed by atoms with Crippen molar-refractivity contribution in [3.8, 4) is 11.4 Å². The number of carbonyl (C=O) groups is 1. The van der Waals surface area contributed by atoms with E-state index >= 15 is 0 Å². The fourth-order valence-electron chi connectivity index (χ4n) is 3.89. The lowest BCUT2D eigenvalue weighted by Crippen LogP contribution is -2.29. The van der Waals surface area contributed by atoms with Crippen molar-refractivity contribution in [3.05, 3.63) is 77.6 Å². The highest BCUT2D eigenvalue weighted by molar-refractivity contribution is 7.99. The van der Waals surface area contributed by atoms with E-state index in [4.69, 9.17) is 16.3 Å². The number of carbonyl (C=O) groups excluding carboxylic acids is 1. The monoisotopic (exact) mass is 492 g/mol. The van der Waals surface area contributed by atoms with Crippen LogP contribution < -0.4 is 15.0 Å². The lowest BCUT2D eigenvalue weighted by molar-refractivity contribution is 0.0950. The SMILES string of the molecule is COc1cc(-n2cnnn2)c(Cl)cc1C(=O)NCCCN1c2ccccc2Sc2ccccc21. The molecule has 1 N–H and O–H groups in total. The van der Waals surface area contributed by atoms with Crippen molar-refractivity contribution in [2.45, 2.75) is 16.2 Å². The van der Waals surface area contributed by atoms with Crippen LogP contribution in [0.15, 0.2) is 76.8 Å². The third kappa shape index (κ3) is 4.32. The van der Waals surface area contributed by atoms with Crippen molar-refractivity contribution >= 4 is 40.6 Å². The first-order chi connectivity index (χ1) is 16.7. The Morgan fingerprint density at radius 2 is 1.76 bits per heavy atom. The molecule has 172 valence electrons. The molecule has 0 saturated carbocycles. The number of fused-ring (bicyclic) bond motifs is 2. The summed E-state index contributed by atoms with van der Waals surface area (Å²) < 4.78 is 6.84. The number of para-hydroxylation sites is 2. The van der Waals surface area contributed by atoms with Crippen LogP contribution in [0.3, 0.4) is 0 Å². The van der Waals surface area contributed by atoms with Crippen molar-refractivity contribution in [2.75, 3.05) is 25.1 Å². The summed E-state index contributed by atoms with van der Waals surface area (Å²) in [4.78, 5) is 17.7. The van der Waals surface area contributed by atoms with Crippen molar-refractivity contribution in [1.82, 2.24) is 25.5 Å². The number of hydrogen-bond donors (Lipinski definition) is 1. The Labute approximate surface area is 205 Å². The van der Waals surface area contributed by atoms with Gasteiger partial charge in [-0.05, 0) is 47.2 Å². The zero-order chi connectivity index (χ0) is 23.5. The zero-order valence-corrected chi connectivity index (χ0v) is 19.9. The van der Waals surface area contributed by atoms with Gasteiger partial charge >= 0.3 is 0 Å². The van der Waals surface area contributed by atoms with Crippen molar-refractivity contribution in [2.24, 2.45) is 0 Å². The number of benzene rings is 3. The molecule has 1 aliphatic rings. The molecule has 0 fully saturated rings. The lowest BCUT2D eigenvalue weighted by atomic mass is 10.1. The van der Waals surface area contributed by atoms with E-state index in [0.29, 0.717) is 28.6 Å². The Bertz CT molecular complexity index is 1290. The van der Waals surface area contributed by atoms with Crippen molar-refractivity contribution in [1.29, 1.82) is 0 Å². The number of hydrogen-bond acceptors (Lipinski definition) is 7. The Hall–Kier alpha value is -3.56. The minimum atomic E-state index is -0.253. The maximum absolute atomic E-state index is 12.9. The number of nitrogens with zero attached hydrogens (tertiary/aromatic N) is 5. The average molecular weight is 493 g/mol. The summed E-state index contributed by atoms with van der Waals surface area (Å²) in [5.74, 6) is 0.139. The fraction of sp³-hybridized carbons (Fsp3) is 0.167. The van der Waals surface area contributed by atoms with Gasteiger partial charge in [0, 0.05) is 28.9 Å². The molecule has 0 bridgehead atoms. The van der Waals surface area contributed by atoms with Crippen molar-refractivity contribution in [3.63, 3.8) is 0 Å². The largest absolute Gasteiger partial charge is 0.496 e. The van der Waals surface area contributed by atoms with Gasteiger partial charge < -0.3 is 15.0 Å².